The van der Waals surface area contributed by atoms with Gasteiger partial charge in [0.2, 0.25) is 0 Å². The Labute approximate surface area is 119 Å². The Balaban J connectivity index is 2.12. The van der Waals surface area contributed by atoms with E-state index >= 15 is 0 Å². The minimum atomic E-state index is -0.0912. The third kappa shape index (κ3) is 3.20. The van der Waals surface area contributed by atoms with Gasteiger partial charge in [-0.25, -0.2) is 0 Å². The number of hydrogen-bond donors (Lipinski definition) is 2. The molecule has 1 unspecified atom stereocenters. The molecule has 0 fully saturated rings. The van der Waals surface area contributed by atoms with Crippen LogP contribution in [0.1, 0.15) is 42.4 Å². The number of carbonyl (C=O) groups excluding carboxylic acids is 1. The molecule has 0 saturated heterocycles. The number of aromatic nitrogens is 1. The first kappa shape index (κ1) is 14.2. The van der Waals surface area contributed by atoms with Crippen molar-refractivity contribution in [2.45, 2.75) is 32.9 Å². The second-order valence-corrected chi connectivity index (χ2v) is 4.96. The van der Waals surface area contributed by atoms with Gasteiger partial charge in [0.1, 0.15) is 5.69 Å². The van der Waals surface area contributed by atoms with E-state index in [9.17, 15) is 4.79 Å². The Bertz CT molecular complexity index is 575. The molecule has 1 heterocycles. The van der Waals surface area contributed by atoms with Crippen molar-refractivity contribution in [1.29, 1.82) is 0 Å². The largest absolute Gasteiger partial charge is 0.397 e. The Morgan fingerprint density at radius 2 is 2.05 bits per heavy atom. The van der Waals surface area contributed by atoms with E-state index in [2.05, 4.69) is 12.2 Å². The number of anilines is 1. The molecule has 1 aromatic carbocycles. The maximum absolute atomic E-state index is 12.3. The molecule has 4 nitrogen and oxygen atoms in total. The summed E-state index contributed by atoms with van der Waals surface area (Å²) < 4.78 is 1.91. The number of carbonyl (C=O) groups is 1. The van der Waals surface area contributed by atoms with Gasteiger partial charge in [-0.05, 0) is 25.0 Å². The van der Waals surface area contributed by atoms with Gasteiger partial charge in [-0.1, -0.05) is 37.3 Å². The molecule has 0 aliphatic rings. The highest BCUT2D eigenvalue weighted by atomic mass is 16.2. The lowest BCUT2D eigenvalue weighted by molar-refractivity contribution is 0.0930. The molecule has 0 aliphatic carbocycles. The molecule has 1 atom stereocenters. The zero-order chi connectivity index (χ0) is 14.5. The molecule has 3 N–H and O–H groups in total. The van der Waals surface area contributed by atoms with Gasteiger partial charge in [0.05, 0.1) is 11.7 Å². The number of nitrogens with two attached hydrogens (primary N) is 1. The second kappa shape index (κ2) is 6.28. The van der Waals surface area contributed by atoms with Crippen molar-refractivity contribution < 1.29 is 4.79 Å². The van der Waals surface area contributed by atoms with Crippen LogP contribution in [0, 0.1) is 0 Å². The fourth-order valence-corrected chi connectivity index (χ4v) is 2.25. The highest BCUT2D eigenvalue weighted by Gasteiger charge is 2.15. The lowest BCUT2D eigenvalue weighted by atomic mass is 10.1. The van der Waals surface area contributed by atoms with Gasteiger partial charge in [0.15, 0.2) is 0 Å². The van der Waals surface area contributed by atoms with E-state index in [0.717, 1.165) is 18.5 Å². The van der Waals surface area contributed by atoms with E-state index in [4.69, 9.17) is 5.73 Å². The predicted molar refractivity (Wildman–Crippen MR) is 81.5 cm³/mol. The molecule has 1 amide bonds. The minimum absolute atomic E-state index is 0.0325. The third-order valence-corrected chi connectivity index (χ3v) is 3.26. The van der Waals surface area contributed by atoms with Crippen LogP contribution in [-0.2, 0) is 6.54 Å². The predicted octanol–water partition coefficient (Wildman–Crippen LogP) is 2.97. The van der Waals surface area contributed by atoms with Crippen LogP contribution in [0.3, 0.4) is 0 Å². The van der Waals surface area contributed by atoms with E-state index in [1.807, 2.05) is 48.0 Å². The average molecular weight is 271 g/mol. The number of nitrogens with one attached hydrogen (secondary N) is 1. The molecule has 0 saturated carbocycles. The monoisotopic (exact) mass is 271 g/mol. The Morgan fingerprint density at radius 3 is 2.70 bits per heavy atom. The number of aryl methyl sites for hydroxylation is 1. The summed E-state index contributed by atoms with van der Waals surface area (Å²) >= 11 is 0. The molecule has 0 spiro atoms. The molecule has 4 heteroatoms. The quantitative estimate of drug-likeness (QED) is 0.878. The Morgan fingerprint density at radius 1 is 1.35 bits per heavy atom. The number of nitrogen functional groups attached to an aromatic ring is 1. The van der Waals surface area contributed by atoms with Gasteiger partial charge in [-0.3, -0.25) is 4.79 Å². The van der Waals surface area contributed by atoms with E-state index in [1.54, 1.807) is 6.07 Å². The lowest BCUT2D eigenvalue weighted by Gasteiger charge is -2.15. The van der Waals surface area contributed by atoms with Crippen molar-refractivity contribution in [3.05, 3.63) is 53.9 Å². The Kier molecular flexibility index (Phi) is 4.45. The van der Waals surface area contributed by atoms with Crippen LogP contribution in [-0.4, -0.2) is 10.5 Å². The van der Waals surface area contributed by atoms with Crippen molar-refractivity contribution >= 4 is 11.6 Å². The number of rotatable bonds is 5. The zero-order valence-electron chi connectivity index (χ0n) is 12.0. The van der Waals surface area contributed by atoms with Crippen LogP contribution in [0.4, 0.5) is 5.69 Å². The Hall–Kier alpha value is -2.23. The summed E-state index contributed by atoms with van der Waals surface area (Å²) in [6.07, 6.45) is 2.77. The normalized spacial score (nSPS) is 12.1. The highest BCUT2D eigenvalue weighted by molar-refractivity contribution is 5.94. The van der Waals surface area contributed by atoms with E-state index in [1.165, 1.54) is 0 Å². The molecule has 0 bridgehead atoms. The fourth-order valence-electron chi connectivity index (χ4n) is 2.25. The molecule has 0 aliphatic heterocycles. The summed E-state index contributed by atoms with van der Waals surface area (Å²) in [6, 6.07) is 11.6. The molecular formula is C16H21N3O. The van der Waals surface area contributed by atoms with Gasteiger partial charge in [-0.15, -0.1) is 0 Å². The molecule has 2 rings (SSSR count). The van der Waals surface area contributed by atoms with E-state index in [-0.39, 0.29) is 11.9 Å². The van der Waals surface area contributed by atoms with Crippen molar-refractivity contribution in [2.24, 2.45) is 0 Å². The molecule has 1 aromatic heterocycles. The van der Waals surface area contributed by atoms with Gasteiger partial charge < -0.3 is 15.6 Å². The van der Waals surface area contributed by atoms with E-state index in [0.29, 0.717) is 11.4 Å². The molecule has 106 valence electrons. The third-order valence-electron chi connectivity index (χ3n) is 3.26. The van der Waals surface area contributed by atoms with Gasteiger partial charge in [-0.2, -0.15) is 0 Å². The summed E-state index contributed by atoms with van der Waals surface area (Å²) in [4.78, 5) is 12.3. The van der Waals surface area contributed by atoms with Crippen molar-refractivity contribution in [3.8, 4) is 0 Å². The van der Waals surface area contributed by atoms with Crippen LogP contribution in [0.25, 0.3) is 0 Å². The number of nitrogens with zero attached hydrogens (tertiary/aromatic N) is 1. The summed E-state index contributed by atoms with van der Waals surface area (Å²) in [7, 11) is 0. The topological polar surface area (TPSA) is 60.0 Å². The highest BCUT2D eigenvalue weighted by Crippen LogP contribution is 2.15. The van der Waals surface area contributed by atoms with E-state index < -0.39 is 0 Å². The van der Waals surface area contributed by atoms with Gasteiger partial charge in [0, 0.05) is 12.7 Å². The van der Waals surface area contributed by atoms with Crippen molar-refractivity contribution in [3.63, 3.8) is 0 Å². The number of benzene rings is 1. The molecular weight excluding hydrogens is 250 g/mol. The standard InChI is InChI=1S/C16H21N3O/c1-3-9-19-11-14(17)10-15(19)16(20)18-12(2)13-7-5-4-6-8-13/h4-8,10-12H,3,9,17H2,1-2H3,(H,18,20). The summed E-state index contributed by atoms with van der Waals surface area (Å²) in [5, 5.41) is 3.01. The number of hydrogen-bond acceptors (Lipinski definition) is 2. The van der Waals surface area contributed by atoms with Crippen LogP contribution < -0.4 is 11.1 Å². The SMILES string of the molecule is CCCn1cc(N)cc1C(=O)NC(C)c1ccccc1. The fraction of sp³-hybridized carbons (Fsp3) is 0.312. The first-order valence-corrected chi connectivity index (χ1v) is 6.93. The minimum Gasteiger partial charge on any atom is -0.397 e. The second-order valence-electron chi connectivity index (χ2n) is 4.96. The molecule has 0 radical (unpaired) electrons. The summed E-state index contributed by atoms with van der Waals surface area (Å²) in [5.41, 5.74) is 8.11. The first-order chi connectivity index (χ1) is 9.61. The van der Waals surface area contributed by atoms with Crippen LogP contribution in [0.15, 0.2) is 42.6 Å². The maximum Gasteiger partial charge on any atom is 0.268 e. The van der Waals surface area contributed by atoms with Gasteiger partial charge >= 0.3 is 0 Å². The summed E-state index contributed by atoms with van der Waals surface area (Å²) in [6.45, 7) is 4.84. The lowest BCUT2D eigenvalue weighted by Crippen LogP contribution is -2.28. The number of amides is 1. The maximum atomic E-state index is 12.3. The van der Waals surface area contributed by atoms with Crippen LogP contribution >= 0.6 is 0 Å². The van der Waals surface area contributed by atoms with Crippen molar-refractivity contribution in [2.75, 3.05) is 5.73 Å². The average Bonchev–Trinajstić information content (AvgIpc) is 2.81. The van der Waals surface area contributed by atoms with Gasteiger partial charge in [0.25, 0.3) is 5.91 Å². The van der Waals surface area contributed by atoms with Crippen molar-refractivity contribution in [1.82, 2.24) is 9.88 Å². The molecule has 20 heavy (non-hydrogen) atoms. The first-order valence-electron chi connectivity index (χ1n) is 6.93. The van der Waals surface area contributed by atoms with Crippen LogP contribution in [0.2, 0.25) is 0 Å². The zero-order valence-corrected chi connectivity index (χ0v) is 12.0. The smallest absolute Gasteiger partial charge is 0.268 e. The summed E-state index contributed by atoms with van der Waals surface area (Å²) in [5.74, 6) is -0.0912. The van der Waals surface area contributed by atoms with Crippen LogP contribution in [0.5, 0.6) is 0 Å². The molecule has 2 aromatic rings.